The molecule has 0 saturated heterocycles. The van der Waals surface area contributed by atoms with Gasteiger partial charge in [0.05, 0.1) is 0 Å². The quantitative estimate of drug-likeness (QED) is 0.616. The number of benzene rings is 2. The van der Waals surface area contributed by atoms with E-state index >= 15 is 0 Å². The van der Waals surface area contributed by atoms with Gasteiger partial charge in [0.1, 0.15) is 5.58 Å². The molecule has 100 valence electrons. The monoisotopic (exact) mass is 328 g/mol. The molecular weight excluding hydrogens is 316 g/mol. The number of halogens is 1. The summed E-state index contributed by atoms with van der Waals surface area (Å²) < 4.78 is 6.63. The van der Waals surface area contributed by atoms with E-state index in [1.807, 2.05) is 44.2 Å². The van der Waals surface area contributed by atoms with Gasteiger partial charge in [-0.1, -0.05) is 39.7 Å². The summed E-state index contributed by atoms with van der Waals surface area (Å²) in [5, 5.41) is 1.00. The van der Waals surface area contributed by atoms with Crippen molar-refractivity contribution < 1.29 is 9.21 Å². The highest BCUT2D eigenvalue weighted by Crippen LogP contribution is 2.28. The Morgan fingerprint density at radius 2 is 1.90 bits per heavy atom. The minimum atomic E-state index is -0.0855. The lowest BCUT2D eigenvalue weighted by molar-refractivity contribution is 0.101. The Hall–Kier alpha value is -1.87. The first-order chi connectivity index (χ1) is 9.56. The lowest BCUT2D eigenvalue weighted by atomic mass is 10.0. The first-order valence-corrected chi connectivity index (χ1v) is 7.15. The third-order valence-corrected chi connectivity index (χ3v) is 3.88. The van der Waals surface area contributed by atoms with Crippen molar-refractivity contribution in [1.29, 1.82) is 0 Å². The summed E-state index contributed by atoms with van der Waals surface area (Å²) in [7, 11) is 0. The van der Waals surface area contributed by atoms with E-state index < -0.39 is 0 Å². The van der Waals surface area contributed by atoms with Crippen LogP contribution in [-0.2, 0) is 0 Å². The molecular formula is C17H13BrO2. The first kappa shape index (κ1) is 13.1. The lowest BCUT2D eigenvalue weighted by Crippen LogP contribution is -2.01. The van der Waals surface area contributed by atoms with Crippen LogP contribution in [0.15, 0.2) is 51.4 Å². The van der Waals surface area contributed by atoms with Crippen LogP contribution >= 0.6 is 15.9 Å². The summed E-state index contributed by atoms with van der Waals surface area (Å²) in [5.74, 6) is 0.335. The second kappa shape index (κ2) is 4.91. The topological polar surface area (TPSA) is 30.2 Å². The summed E-state index contributed by atoms with van der Waals surface area (Å²) in [6, 6.07) is 13.3. The van der Waals surface area contributed by atoms with Crippen LogP contribution in [0, 0.1) is 13.8 Å². The van der Waals surface area contributed by atoms with Gasteiger partial charge in [-0.05, 0) is 38.1 Å². The van der Waals surface area contributed by atoms with Crippen LogP contribution in [0.4, 0.5) is 0 Å². The third kappa shape index (κ3) is 2.18. The van der Waals surface area contributed by atoms with Crippen molar-refractivity contribution in [1.82, 2.24) is 0 Å². The average molecular weight is 329 g/mol. The molecule has 1 aromatic heterocycles. The number of furan rings is 1. The van der Waals surface area contributed by atoms with Crippen molar-refractivity contribution in [3.05, 3.63) is 69.4 Å². The number of hydrogen-bond donors (Lipinski definition) is 0. The Bertz CT molecular complexity index is 815. The molecule has 3 rings (SSSR count). The van der Waals surface area contributed by atoms with Crippen molar-refractivity contribution in [3.63, 3.8) is 0 Å². The fraction of sp³-hybridized carbons (Fsp3) is 0.118. The SMILES string of the molecule is Cc1ccc2oc(C(=O)c3cccc(Br)c3)c(C)c2c1. The molecule has 2 nitrogen and oxygen atoms in total. The zero-order chi connectivity index (χ0) is 14.3. The zero-order valence-electron chi connectivity index (χ0n) is 11.2. The van der Waals surface area contributed by atoms with Crippen molar-refractivity contribution in [2.45, 2.75) is 13.8 Å². The van der Waals surface area contributed by atoms with E-state index in [0.29, 0.717) is 11.3 Å². The van der Waals surface area contributed by atoms with Gasteiger partial charge in [-0.3, -0.25) is 4.79 Å². The molecule has 0 spiro atoms. The van der Waals surface area contributed by atoms with E-state index in [2.05, 4.69) is 15.9 Å². The predicted molar refractivity (Wildman–Crippen MR) is 83.3 cm³/mol. The van der Waals surface area contributed by atoms with E-state index in [1.165, 1.54) is 0 Å². The molecule has 0 aliphatic carbocycles. The summed E-state index contributed by atoms with van der Waals surface area (Å²) in [6.07, 6.45) is 0. The molecule has 0 atom stereocenters. The Labute approximate surface area is 125 Å². The van der Waals surface area contributed by atoms with Crippen LogP contribution in [0.2, 0.25) is 0 Å². The molecule has 0 fully saturated rings. The van der Waals surface area contributed by atoms with E-state index in [1.54, 1.807) is 12.1 Å². The van der Waals surface area contributed by atoms with Crippen LogP contribution in [0.25, 0.3) is 11.0 Å². The third-order valence-electron chi connectivity index (χ3n) is 3.38. The van der Waals surface area contributed by atoms with Gasteiger partial charge >= 0.3 is 0 Å². The van der Waals surface area contributed by atoms with Crippen molar-refractivity contribution >= 4 is 32.7 Å². The van der Waals surface area contributed by atoms with E-state index in [0.717, 1.165) is 26.6 Å². The smallest absolute Gasteiger partial charge is 0.228 e. The summed E-state index contributed by atoms with van der Waals surface area (Å²) in [6.45, 7) is 3.96. The van der Waals surface area contributed by atoms with E-state index in [-0.39, 0.29) is 5.78 Å². The van der Waals surface area contributed by atoms with Crippen LogP contribution in [0.3, 0.4) is 0 Å². The second-order valence-corrected chi connectivity index (χ2v) is 5.81. The largest absolute Gasteiger partial charge is 0.452 e. The molecule has 0 amide bonds. The Morgan fingerprint density at radius 3 is 2.65 bits per heavy atom. The Morgan fingerprint density at radius 1 is 1.10 bits per heavy atom. The number of hydrogen-bond acceptors (Lipinski definition) is 2. The number of ketones is 1. The molecule has 0 saturated carbocycles. The minimum Gasteiger partial charge on any atom is -0.452 e. The van der Waals surface area contributed by atoms with Crippen LogP contribution in [0.1, 0.15) is 27.2 Å². The summed E-state index contributed by atoms with van der Waals surface area (Å²) >= 11 is 3.38. The molecule has 1 heterocycles. The van der Waals surface area contributed by atoms with Crippen molar-refractivity contribution in [2.75, 3.05) is 0 Å². The molecule has 2 aromatic carbocycles. The predicted octanol–water partition coefficient (Wildman–Crippen LogP) is 5.04. The maximum Gasteiger partial charge on any atom is 0.228 e. The Kier molecular flexibility index (Phi) is 3.22. The van der Waals surface area contributed by atoms with Crippen LogP contribution in [0.5, 0.6) is 0 Å². The lowest BCUT2D eigenvalue weighted by Gasteiger charge is -1.99. The summed E-state index contributed by atoms with van der Waals surface area (Å²) in [4.78, 5) is 12.6. The molecule has 0 N–H and O–H groups in total. The number of aryl methyl sites for hydroxylation is 2. The molecule has 3 heteroatoms. The maximum absolute atomic E-state index is 12.6. The molecule has 0 aliphatic heterocycles. The van der Waals surface area contributed by atoms with Gasteiger partial charge in [0.25, 0.3) is 0 Å². The van der Waals surface area contributed by atoms with Gasteiger partial charge < -0.3 is 4.42 Å². The van der Waals surface area contributed by atoms with Crippen LogP contribution in [-0.4, -0.2) is 5.78 Å². The summed E-state index contributed by atoms with van der Waals surface area (Å²) in [5.41, 5.74) is 3.43. The number of carbonyl (C=O) groups excluding carboxylic acids is 1. The number of fused-ring (bicyclic) bond motifs is 1. The van der Waals surface area contributed by atoms with Gasteiger partial charge in [0.15, 0.2) is 5.76 Å². The standard InChI is InChI=1S/C17H13BrO2/c1-10-6-7-15-14(8-10)11(2)17(20-15)16(19)12-4-3-5-13(18)9-12/h3-9H,1-2H3. The molecule has 20 heavy (non-hydrogen) atoms. The minimum absolute atomic E-state index is 0.0855. The fourth-order valence-corrected chi connectivity index (χ4v) is 2.71. The number of rotatable bonds is 2. The van der Waals surface area contributed by atoms with Gasteiger partial charge in [-0.2, -0.15) is 0 Å². The first-order valence-electron chi connectivity index (χ1n) is 6.36. The molecule has 0 unspecified atom stereocenters. The van der Waals surface area contributed by atoms with Gasteiger partial charge in [-0.15, -0.1) is 0 Å². The Balaban J connectivity index is 2.15. The number of carbonyl (C=O) groups is 1. The second-order valence-electron chi connectivity index (χ2n) is 4.90. The molecule has 0 radical (unpaired) electrons. The zero-order valence-corrected chi connectivity index (χ0v) is 12.8. The highest BCUT2D eigenvalue weighted by molar-refractivity contribution is 9.10. The van der Waals surface area contributed by atoms with Crippen molar-refractivity contribution in [3.8, 4) is 0 Å². The maximum atomic E-state index is 12.6. The van der Waals surface area contributed by atoms with Crippen molar-refractivity contribution in [2.24, 2.45) is 0 Å². The van der Waals surface area contributed by atoms with Gasteiger partial charge in [0.2, 0.25) is 5.78 Å². The highest BCUT2D eigenvalue weighted by Gasteiger charge is 2.19. The fourth-order valence-electron chi connectivity index (χ4n) is 2.31. The molecule has 0 bridgehead atoms. The van der Waals surface area contributed by atoms with E-state index in [9.17, 15) is 4.79 Å². The van der Waals surface area contributed by atoms with Crippen LogP contribution < -0.4 is 0 Å². The average Bonchev–Trinajstić information content (AvgIpc) is 2.75. The van der Waals surface area contributed by atoms with Gasteiger partial charge in [-0.25, -0.2) is 0 Å². The molecule has 0 aliphatic rings. The molecule has 3 aromatic rings. The normalized spacial score (nSPS) is 10.9. The highest BCUT2D eigenvalue weighted by atomic mass is 79.9. The van der Waals surface area contributed by atoms with Gasteiger partial charge in [0, 0.05) is 21.0 Å². The van der Waals surface area contributed by atoms with E-state index in [4.69, 9.17) is 4.42 Å².